The summed E-state index contributed by atoms with van der Waals surface area (Å²) in [6, 6.07) is 5.37. The number of hydrogen-bond donors (Lipinski definition) is 1. The largest absolute Gasteiger partial charge is 0.349 e. The van der Waals surface area contributed by atoms with Crippen LogP contribution in [0.1, 0.15) is 18.9 Å². The molecule has 8 heteroatoms. The van der Waals surface area contributed by atoms with Crippen molar-refractivity contribution in [2.24, 2.45) is 0 Å². The summed E-state index contributed by atoms with van der Waals surface area (Å²) in [5, 5.41) is 3.79. The Morgan fingerprint density at radius 1 is 1.39 bits per heavy atom. The van der Waals surface area contributed by atoms with Crippen LogP contribution in [-0.4, -0.2) is 49.9 Å². The quantitative estimate of drug-likeness (QED) is 0.851. The molecule has 1 aromatic rings. The van der Waals surface area contributed by atoms with Gasteiger partial charge in [-0.25, -0.2) is 8.42 Å². The summed E-state index contributed by atoms with van der Waals surface area (Å²) >= 11 is 12.1. The van der Waals surface area contributed by atoms with Crippen molar-refractivity contribution in [3.8, 4) is 0 Å². The van der Waals surface area contributed by atoms with E-state index in [-0.39, 0.29) is 24.0 Å². The first kappa shape index (κ1) is 18.5. The second-order valence-electron chi connectivity index (χ2n) is 6.34. The molecule has 0 aliphatic carbocycles. The molecule has 1 amide bonds. The molecule has 1 heterocycles. The third-order valence-corrected chi connectivity index (χ3v) is 6.59. The third-order valence-electron chi connectivity index (χ3n) is 3.83. The van der Waals surface area contributed by atoms with Crippen molar-refractivity contribution < 1.29 is 13.2 Å². The molecule has 0 spiro atoms. The molecule has 1 aliphatic heterocycles. The predicted molar refractivity (Wildman–Crippen MR) is 92.6 cm³/mol. The maximum atomic E-state index is 12.2. The van der Waals surface area contributed by atoms with E-state index in [0.29, 0.717) is 23.0 Å². The Labute approximate surface area is 146 Å². The molecule has 0 unspecified atom stereocenters. The average molecular weight is 379 g/mol. The molecule has 23 heavy (non-hydrogen) atoms. The van der Waals surface area contributed by atoms with Crippen LogP contribution in [0.3, 0.4) is 0 Å². The number of nitrogens with zero attached hydrogens (tertiary/aromatic N) is 1. The minimum absolute atomic E-state index is 0.00439. The van der Waals surface area contributed by atoms with Gasteiger partial charge in [-0.15, -0.1) is 0 Å². The molecule has 1 aliphatic rings. The molecule has 1 fully saturated rings. The van der Waals surface area contributed by atoms with Crippen molar-refractivity contribution >= 4 is 38.9 Å². The van der Waals surface area contributed by atoms with Gasteiger partial charge in [0, 0.05) is 6.54 Å². The lowest BCUT2D eigenvalue weighted by Crippen LogP contribution is -2.49. The number of likely N-dealkylation sites (N-methyl/N-ethyl adjacent to an activating group) is 1. The molecule has 5 nitrogen and oxygen atoms in total. The van der Waals surface area contributed by atoms with Crippen LogP contribution in [0.25, 0.3) is 0 Å². The van der Waals surface area contributed by atoms with Crippen LogP contribution in [0.2, 0.25) is 10.0 Å². The minimum atomic E-state index is -3.05. The van der Waals surface area contributed by atoms with Gasteiger partial charge in [-0.05, 0) is 32.0 Å². The summed E-state index contributed by atoms with van der Waals surface area (Å²) in [7, 11) is -1.25. The van der Waals surface area contributed by atoms with Crippen LogP contribution in [0.4, 0.5) is 0 Å². The van der Waals surface area contributed by atoms with Crippen molar-refractivity contribution in [3.05, 3.63) is 33.8 Å². The molecule has 1 aromatic carbocycles. The van der Waals surface area contributed by atoms with E-state index in [0.717, 1.165) is 5.56 Å². The van der Waals surface area contributed by atoms with Crippen molar-refractivity contribution in [1.82, 2.24) is 10.2 Å². The van der Waals surface area contributed by atoms with Gasteiger partial charge in [0.2, 0.25) is 5.91 Å². The Hall–Kier alpha value is -0.820. The maximum absolute atomic E-state index is 12.2. The number of nitrogens with one attached hydrogen (secondary N) is 1. The Kier molecular flexibility index (Phi) is 5.61. The van der Waals surface area contributed by atoms with Gasteiger partial charge in [-0.1, -0.05) is 35.3 Å². The first-order valence-corrected chi connectivity index (χ1v) is 9.81. The summed E-state index contributed by atoms with van der Waals surface area (Å²) in [4.78, 5) is 14.0. The van der Waals surface area contributed by atoms with E-state index in [4.69, 9.17) is 23.2 Å². The van der Waals surface area contributed by atoms with E-state index in [2.05, 4.69) is 5.32 Å². The normalized spacial score (nSPS) is 23.2. The summed E-state index contributed by atoms with van der Waals surface area (Å²) in [6.45, 7) is 2.39. The van der Waals surface area contributed by atoms with Gasteiger partial charge in [0.1, 0.15) is 0 Å². The van der Waals surface area contributed by atoms with Gasteiger partial charge >= 0.3 is 0 Å². The number of amides is 1. The van der Waals surface area contributed by atoms with Gasteiger partial charge in [0.05, 0.1) is 33.6 Å². The smallest absolute Gasteiger partial charge is 0.234 e. The van der Waals surface area contributed by atoms with Crippen LogP contribution in [0.5, 0.6) is 0 Å². The van der Waals surface area contributed by atoms with Crippen molar-refractivity contribution in [3.63, 3.8) is 0 Å². The lowest BCUT2D eigenvalue weighted by molar-refractivity contribution is -0.123. The highest BCUT2D eigenvalue weighted by Crippen LogP contribution is 2.26. The Morgan fingerprint density at radius 2 is 2.09 bits per heavy atom. The lowest BCUT2D eigenvalue weighted by atomic mass is 10.0. The van der Waals surface area contributed by atoms with Crippen LogP contribution in [-0.2, 0) is 21.2 Å². The number of halogens is 2. The second-order valence-corrected chi connectivity index (χ2v) is 9.31. The fourth-order valence-corrected chi connectivity index (χ4v) is 5.22. The molecule has 1 atom stereocenters. The van der Waals surface area contributed by atoms with E-state index in [1.807, 2.05) is 12.1 Å². The standard InChI is InChI=1S/C15H20Cl2N2O3S/c1-15(6-7-23(21,22)10-15)18-13(20)9-19(2)8-11-4-3-5-12(16)14(11)17/h3-5H,6-10H2,1-2H3,(H,18,20)/t15-/m0/s1. The van der Waals surface area contributed by atoms with E-state index < -0.39 is 15.4 Å². The van der Waals surface area contributed by atoms with Crippen LogP contribution in [0.15, 0.2) is 18.2 Å². The summed E-state index contributed by atoms with van der Waals surface area (Å²) in [6.07, 6.45) is 0.449. The first-order valence-electron chi connectivity index (χ1n) is 7.23. The predicted octanol–water partition coefficient (Wildman–Crippen LogP) is 2.12. The molecule has 1 saturated heterocycles. The zero-order chi connectivity index (χ0) is 17.3. The van der Waals surface area contributed by atoms with Gasteiger partial charge < -0.3 is 5.32 Å². The van der Waals surface area contributed by atoms with Gasteiger partial charge in [-0.2, -0.15) is 0 Å². The molecular weight excluding hydrogens is 359 g/mol. The fourth-order valence-electron chi connectivity index (χ4n) is 2.75. The molecule has 0 radical (unpaired) electrons. The second kappa shape index (κ2) is 6.97. The highest BCUT2D eigenvalue weighted by atomic mass is 35.5. The monoisotopic (exact) mass is 378 g/mol. The number of sulfone groups is 1. The fraction of sp³-hybridized carbons (Fsp3) is 0.533. The number of hydrogen-bond acceptors (Lipinski definition) is 4. The van der Waals surface area contributed by atoms with Gasteiger partial charge in [0.15, 0.2) is 9.84 Å². The van der Waals surface area contributed by atoms with E-state index >= 15 is 0 Å². The molecule has 2 rings (SSSR count). The van der Waals surface area contributed by atoms with E-state index in [1.165, 1.54) is 0 Å². The lowest BCUT2D eigenvalue weighted by Gasteiger charge is -2.26. The third kappa shape index (κ3) is 5.08. The molecule has 0 aromatic heterocycles. The molecule has 1 N–H and O–H groups in total. The van der Waals surface area contributed by atoms with Gasteiger partial charge in [-0.3, -0.25) is 9.69 Å². The average Bonchev–Trinajstić information content (AvgIpc) is 2.68. The zero-order valence-corrected chi connectivity index (χ0v) is 15.4. The number of rotatable bonds is 5. The van der Waals surface area contributed by atoms with E-state index in [1.54, 1.807) is 24.9 Å². The molecular formula is C15H20Cl2N2O3S. The molecule has 0 saturated carbocycles. The SMILES string of the molecule is CN(CC(=O)N[C@@]1(C)CCS(=O)(=O)C1)Cc1cccc(Cl)c1Cl. The highest BCUT2D eigenvalue weighted by molar-refractivity contribution is 7.91. The van der Waals surface area contributed by atoms with E-state index in [9.17, 15) is 13.2 Å². The van der Waals surface area contributed by atoms with Crippen molar-refractivity contribution in [1.29, 1.82) is 0 Å². The summed E-state index contributed by atoms with van der Waals surface area (Å²) in [5.41, 5.74) is 0.161. The Balaban J connectivity index is 1.91. The summed E-state index contributed by atoms with van der Waals surface area (Å²) in [5.74, 6) is -0.0851. The highest BCUT2D eigenvalue weighted by Gasteiger charge is 2.39. The van der Waals surface area contributed by atoms with Crippen molar-refractivity contribution in [2.45, 2.75) is 25.4 Å². The molecule has 0 bridgehead atoms. The number of benzene rings is 1. The Bertz CT molecular complexity index is 709. The zero-order valence-electron chi connectivity index (χ0n) is 13.1. The number of carbonyl (C=O) groups excluding carboxylic acids is 1. The topological polar surface area (TPSA) is 66.5 Å². The minimum Gasteiger partial charge on any atom is -0.349 e. The van der Waals surface area contributed by atoms with Crippen LogP contribution < -0.4 is 5.32 Å². The van der Waals surface area contributed by atoms with Crippen LogP contribution in [0, 0.1) is 0 Å². The Morgan fingerprint density at radius 3 is 2.70 bits per heavy atom. The van der Waals surface area contributed by atoms with Gasteiger partial charge in [0.25, 0.3) is 0 Å². The van der Waals surface area contributed by atoms with Crippen molar-refractivity contribution in [2.75, 3.05) is 25.1 Å². The maximum Gasteiger partial charge on any atom is 0.234 e. The summed E-state index contributed by atoms with van der Waals surface area (Å²) < 4.78 is 23.1. The first-order chi connectivity index (χ1) is 10.6. The molecule has 128 valence electrons. The number of carbonyl (C=O) groups is 1. The van der Waals surface area contributed by atoms with Crippen LogP contribution >= 0.6 is 23.2 Å².